The molecule has 0 radical (unpaired) electrons. The van der Waals surface area contributed by atoms with Crippen LogP contribution in [0.25, 0.3) is 0 Å². The van der Waals surface area contributed by atoms with Gasteiger partial charge in [0.2, 0.25) is 6.08 Å². The van der Waals surface area contributed by atoms with Crippen molar-refractivity contribution in [1.29, 1.82) is 0 Å². The Hall–Kier alpha value is -3.44. The van der Waals surface area contributed by atoms with Crippen molar-refractivity contribution >= 4 is 18.1 Å². The Morgan fingerprint density at radius 3 is 2.29 bits per heavy atom. The summed E-state index contributed by atoms with van der Waals surface area (Å²) in [4.78, 5) is 37.7. The quantitative estimate of drug-likeness (QED) is 0.268. The number of rotatable bonds is 10. The minimum atomic E-state index is -0.839. The van der Waals surface area contributed by atoms with Crippen molar-refractivity contribution in [3.8, 4) is 5.75 Å². The van der Waals surface area contributed by atoms with E-state index < -0.39 is 18.1 Å². The molecular formula is C24H28N2O5. The number of nitrogens with one attached hydrogen (secondary N) is 1. The highest BCUT2D eigenvalue weighted by Crippen LogP contribution is 2.32. The second-order valence-electron chi connectivity index (χ2n) is 7.59. The Morgan fingerprint density at radius 2 is 1.68 bits per heavy atom. The zero-order valence-electron chi connectivity index (χ0n) is 18.1. The topological polar surface area (TPSA) is 94.1 Å². The summed E-state index contributed by atoms with van der Waals surface area (Å²) < 4.78 is 10.1. The largest absolute Gasteiger partial charge is 0.467 e. The van der Waals surface area contributed by atoms with Crippen molar-refractivity contribution in [1.82, 2.24) is 5.32 Å². The van der Waals surface area contributed by atoms with Crippen LogP contribution >= 0.6 is 0 Å². The summed E-state index contributed by atoms with van der Waals surface area (Å²) in [6.45, 7) is 4.59. The SMILES string of the molecule is COC(=O)C(CCCCN=C=O)NC(=O)Oc1ccc(C(C)(C)c2ccccc2)cc1. The molecule has 0 aromatic heterocycles. The molecule has 0 aliphatic heterocycles. The Labute approximate surface area is 182 Å². The lowest BCUT2D eigenvalue weighted by atomic mass is 9.78. The van der Waals surface area contributed by atoms with Gasteiger partial charge >= 0.3 is 12.1 Å². The van der Waals surface area contributed by atoms with E-state index in [9.17, 15) is 14.4 Å². The summed E-state index contributed by atoms with van der Waals surface area (Å²) in [5, 5.41) is 2.53. The summed E-state index contributed by atoms with van der Waals surface area (Å²) in [5.74, 6) is -0.190. The van der Waals surface area contributed by atoms with E-state index >= 15 is 0 Å². The molecule has 0 aliphatic rings. The van der Waals surface area contributed by atoms with Crippen LogP contribution in [0.3, 0.4) is 0 Å². The summed E-state index contributed by atoms with van der Waals surface area (Å²) >= 11 is 0. The Morgan fingerprint density at radius 1 is 1.03 bits per heavy atom. The maximum Gasteiger partial charge on any atom is 0.413 e. The van der Waals surface area contributed by atoms with Crippen LogP contribution in [-0.2, 0) is 19.7 Å². The number of methoxy groups -OCH3 is 1. The van der Waals surface area contributed by atoms with Crippen LogP contribution in [0.4, 0.5) is 4.79 Å². The van der Waals surface area contributed by atoms with Crippen molar-refractivity contribution in [2.24, 2.45) is 4.99 Å². The number of benzene rings is 2. The van der Waals surface area contributed by atoms with Gasteiger partial charge in [0, 0.05) is 5.41 Å². The van der Waals surface area contributed by atoms with Gasteiger partial charge in [0.05, 0.1) is 13.7 Å². The third-order valence-electron chi connectivity index (χ3n) is 5.14. The zero-order valence-corrected chi connectivity index (χ0v) is 18.1. The van der Waals surface area contributed by atoms with E-state index in [2.05, 4.69) is 36.3 Å². The molecule has 1 amide bonds. The second kappa shape index (κ2) is 11.7. The Balaban J connectivity index is 1.97. The molecule has 1 unspecified atom stereocenters. The van der Waals surface area contributed by atoms with Gasteiger partial charge in [-0.1, -0.05) is 56.3 Å². The van der Waals surface area contributed by atoms with Gasteiger partial charge in [-0.15, -0.1) is 0 Å². The molecule has 7 heteroatoms. The molecule has 2 rings (SSSR count). The molecule has 164 valence electrons. The molecule has 7 nitrogen and oxygen atoms in total. The third-order valence-corrected chi connectivity index (χ3v) is 5.14. The van der Waals surface area contributed by atoms with Crippen molar-refractivity contribution in [3.05, 3.63) is 65.7 Å². The molecule has 1 atom stereocenters. The molecule has 1 N–H and O–H groups in total. The van der Waals surface area contributed by atoms with Gasteiger partial charge in [0.25, 0.3) is 0 Å². The zero-order chi connectivity index (χ0) is 22.7. The minimum absolute atomic E-state index is 0.202. The molecular weight excluding hydrogens is 396 g/mol. The van der Waals surface area contributed by atoms with Gasteiger partial charge < -0.3 is 14.8 Å². The van der Waals surface area contributed by atoms with Gasteiger partial charge in [0.15, 0.2) is 0 Å². The van der Waals surface area contributed by atoms with Gasteiger partial charge in [-0.2, -0.15) is 0 Å². The maximum atomic E-state index is 12.3. The van der Waals surface area contributed by atoms with E-state index in [1.54, 1.807) is 12.1 Å². The van der Waals surface area contributed by atoms with E-state index in [4.69, 9.17) is 9.47 Å². The number of isocyanates is 1. The number of hydrogen-bond donors (Lipinski definition) is 1. The van der Waals surface area contributed by atoms with Gasteiger partial charge in [-0.3, -0.25) is 0 Å². The highest BCUT2D eigenvalue weighted by Gasteiger charge is 2.24. The Kier molecular flexibility index (Phi) is 8.97. The molecule has 0 fully saturated rings. The first-order valence-electron chi connectivity index (χ1n) is 10.1. The van der Waals surface area contributed by atoms with Gasteiger partial charge in [0.1, 0.15) is 11.8 Å². The highest BCUT2D eigenvalue weighted by atomic mass is 16.6. The molecule has 0 bridgehead atoms. The fourth-order valence-corrected chi connectivity index (χ4v) is 3.22. The van der Waals surface area contributed by atoms with Crippen molar-refractivity contribution in [3.63, 3.8) is 0 Å². The monoisotopic (exact) mass is 424 g/mol. The summed E-state index contributed by atoms with van der Waals surface area (Å²) in [5.41, 5.74) is 2.06. The smallest absolute Gasteiger partial charge is 0.413 e. The lowest BCUT2D eigenvalue weighted by Gasteiger charge is -2.26. The average molecular weight is 424 g/mol. The Bertz CT molecular complexity index is 903. The number of carbonyl (C=O) groups excluding carboxylic acids is 3. The molecule has 31 heavy (non-hydrogen) atoms. The van der Waals surface area contributed by atoms with Crippen LogP contribution < -0.4 is 10.1 Å². The summed E-state index contributed by atoms with van der Waals surface area (Å²) in [6, 6.07) is 16.6. The van der Waals surface area contributed by atoms with Crippen LogP contribution in [0.15, 0.2) is 59.6 Å². The predicted molar refractivity (Wildman–Crippen MR) is 117 cm³/mol. The van der Waals surface area contributed by atoms with E-state index in [-0.39, 0.29) is 5.41 Å². The van der Waals surface area contributed by atoms with Crippen LogP contribution in [0, 0.1) is 0 Å². The van der Waals surface area contributed by atoms with E-state index in [0.717, 1.165) is 5.56 Å². The lowest BCUT2D eigenvalue weighted by molar-refractivity contribution is -0.143. The fraction of sp³-hybridized carbons (Fsp3) is 0.375. The van der Waals surface area contributed by atoms with Crippen molar-refractivity contribution in [2.45, 2.75) is 44.6 Å². The molecule has 0 saturated heterocycles. The summed E-state index contributed by atoms with van der Waals surface area (Å²) in [7, 11) is 1.26. The molecule has 2 aromatic carbocycles. The first-order valence-corrected chi connectivity index (χ1v) is 10.1. The first-order chi connectivity index (χ1) is 14.9. The molecule has 0 saturated carbocycles. The van der Waals surface area contributed by atoms with Crippen LogP contribution in [0.2, 0.25) is 0 Å². The van der Waals surface area contributed by atoms with E-state index in [0.29, 0.717) is 31.6 Å². The number of nitrogens with zero attached hydrogens (tertiary/aromatic N) is 1. The predicted octanol–water partition coefficient (Wildman–Crippen LogP) is 4.15. The lowest BCUT2D eigenvalue weighted by Crippen LogP contribution is -2.42. The molecule has 2 aromatic rings. The first kappa shape index (κ1) is 23.8. The average Bonchev–Trinajstić information content (AvgIpc) is 2.78. The number of esters is 1. The van der Waals surface area contributed by atoms with Crippen LogP contribution in [0.5, 0.6) is 5.75 Å². The van der Waals surface area contributed by atoms with E-state index in [1.807, 2.05) is 30.3 Å². The maximum absolute atomic E-state index is 12.3. The molecule has 0 spiro atoms. The standard InChI is InChI=1S/C24H28N2O5/c1-24(2,18-9-5-4-6-10-18)19-12-14-20(15-13-19)31-23(29)26-21(22(28)30-3)11-7-8-16-25-17-27/h4-6,9-10,12-15,21H,7-8,11,16H2,1-3H3,(H,26,29). The molecule has 0 heterocycles. The minimum Gasteiger partial charge on any atom is -0.467 e. The van der Waals surface area contributed by atoms with E-state index in [1.165, 1.54) is 18.8 Å². The third kappa shape index (κ3) is 7.08. The number of aliphatic imine (C=N–C) groups is 1. The van der Waals surface area contributed by atoms with Crippen molar-refractivity contribution < 1.29 is 23.9 Å². The number of amides is 1. The van der Waals surface area contributed by atoms with Crippen LogP contribution in [-0.4, -0.2) is 37.8 Å². The number of unbranched alkanes of at least 4 members (excludes halogenated alkanes) is 1. The van der Waals surface area contributed by atoms with Crippen molar-refractivity contribution in [2.75, 3.05) is 13.7 Å². The normalized spacial score (nSPS) is 11.7. The fourth-order valence-electron chi connectivity index (χ4n) is 3.22. The second-order valence-corrected chi connectivity index (χ2v) is 7.59. The van der Waals surface area contributed by atoms with Crippen LogP contribution in [0.1, 0.15) is 44.2 Å². The van der Waals surface area contributed by atoms with Gasteiger partial charge in [-0.25, -0.2) is 19.4 Å². The number of ether oxygens (including phenoxy) is 2. The number of hydrogen-bond acceptors (Lipinski definition) is 6. The highest BCUT2D eigenvalue weighted by molar-refractivity contribution is 5.82. The summed E-state index contributed by atoms with van der Waals surface area (Å²) in [6.07, 6.45) is 2.25. The number of carbonyl (C=O) groups is 2. The molecule has 0 aliphatic carbocycles. The van der Waals surface area contributed by atoms with Gasteiger partial charge in [-0.05, 0) is 42.5 Å².